The fourth-order valence-electron chi connectivity index (χ4n) is 1.63. The molecule has 0 fully saturated rings. The molecule has 1 aromatic heterocycles. The molecule has 3 heteroatoms. The van der Waals surface area contributed by atoms with Gasteiger partial charge >= 0.3 is 0 Å². The molecular weight excluding hydrogens is 174 g/mol. The van der Waals surface area contributed by atoms with E-state index in [0.717, 1.165) is 23.1 Å². The number of nitrogens with two attached hydrogens (primary N) is 1. The van der Waals surface area contributed by atoms with E-state index >= 15 is 0 Å². The predicted octanol–water partition coefficient (Wildman–Crippen LogP) is 2.59. The zero-order chi connectivity index (χ0) is 10.1. The van der Waals surface area contributed by atoms with E-state index in [9.17, 15) is 0 Å². The number of aromatic nitrogens is 2. The molecule has 0 saturated heterocycles. The van der Waals surface area contributed by atoms with E-state index in [1.165, 1.54) is 0 Å². The Kier molecular flexibility index (Phi) is 2.15. The lowest BCUT2D eigenvalue weighted by Crippen LogP contribution is -2.01. The molecule has 74 valence electrons. The highest BCUT2D eigenvalue weighted by Crippen LogP contribution is 2.23. The second kappa shape index (κ2) is 3.33. The van der Waals surface area contributed by atoms with Crippen LogP contribution in [-0.2, 0) is 0 Å². The number of hydrogen-bond acceptors (Lipinski definition) is 2. The molecule has 0 amide bonds. The maximum absolute atomic E-state index is 5.84. The third-order valence-corrected chi connectivity index (χ3v) is 2.70. The smallest absolute Gasteiger partial charge is 0.111 e. The first-order chi connectivity index (χ1) is 6.74. The van der Waals surface area contributed by atoms with Gasteiger partial charge in [-0.1, -0.05) is 13.0 Å². The SMILES string of the molecule is CCC(C)n1cnc2c(N)cccc21. The van der Waals surface area contributed by atoms with E-state index in [2.05, 4.69) is 29.5 Å². The van der Waals surface area contributed by atoms with Crippen LogP contribution in [0, 0.1) is 0 Å². The van der Waals surface area contributed by atoms with Crippen molar-refractivity contribution in [2.45, 2.75) is 26.3 Å². The molecule has 1 heterocycles. The molecule has 0 bridgehead atoms. The summed E-state index contributed by atoms with van der Waals surface area (Å²) < 4.78 is 2.17. The highest BCUT2D eigenvalue weighted by molar-refractivity contribution is 5.87. The Bertz CT molecular complexity index is 445. The van der Waals surface area contributed by atoms with Gasteiger partial charge in [-0.15, -0.1) is 0 Å². The van der Waals surface area contributed by atoms with Gasteiger partial charge in [0.25, 0.3) is 0 Å². The second-order valence-corrected chi connectivity index (χ2v) is 3.62. The van der Waals surface area contributed by atoms with Crippen LogP contribution >= 0.6 is 0 Å². The summed E-state index contributed by atoms with van der Waals surface area (Å²) in [6.45, 7) is 4.35. The summed E-state index contributed by atoms with van der Waals surface area (Å²) >= 11 is 0. The maximum atomic E-state index is 5.84. The molecule has 0 saturated carbocycles. The van der Waals surface area contributed by atoms with Gasteiger partial charge in [-0.3, -0.25) is 0 Å². The van der Waals surface area contributed by atoms with Gasteiger partial charge in [0.05, 0.1) is 17.5 Å². The van der Waals surface area contributed by atoms with Crippen LogP contribution in [0.2, 0.25) is 0 Å². The molecule has 14 heavy (non-hydrogen) atoms. The highest BCUT2D eigenvalue weighted by atomic mass is 15.1. The van der Waals surface area contributed by atoms with Crippen LogP contribution < -0.4 is 5.73 Å². The van der Waals surface area contributed by atoms with Crippen molar-refractivity contribution in [2.24, 2.45) is 0 Å². The molecule has 1 unspecified atom stereocenters. The second-order valence-electron chi connectivity index (χ2n) is 3.62. The van der Waals surface area contributed by atoms with E-state index in [0.29, 0.717) is 6.04 Å². The minimum absolute atomic E-state index is 0.474. The van der Waals surface area contributed by atoms with Crippen LogP contribution in [0.4, 0.5) is 5.69 Å². The third-order valence-electron chi connectivity index (χ3n) is 2.70. The number of benzene rings is 1. The van der Waals surface area contributed by atoms with E-state index in [-0.39, 0.29) is 0 Å². The van der Waals surface area contributed by atoms with Crippen molar-refractivity contribution in [2.75, 3.05) is 5.73 Å². The number of para-hydroxylation sites is 1. The van der Waals surface area contributed by atoms with Crippen molar-refractivity contribution < 1.29 is 0 Å². The molecule has 3 nitrogen and oxygen atoms in total. The summed E-state index contributed by atoms with van der Waals surface area (Å²) in [4.78, 5) is 4.33. The van der Waals surface area contributed by atoms with Crippen LogP contribution in [0.15, 0.2) is 24.5 Å². The fourth-order valence-corrected chi connectivity index (χ4v) is 1.63. The molecule has 1 aromatic carbocycles. The third kappa shape index (κ3) is 1.25. The van der Waals surface area contributed by atoms with Crippen LogP contribution in [0.5, 0.6) is 0 Å². The number of nitrogens with zero attached hydrogens (tertiary/aromatic N) is 2. The lowest BCUT2D eigenvalue weighted by molar-refractivity contribution is 0.544. The number of nitrogen functional groups attached to an aromatic ring is 1. The zero-order valence-electron chi connectivity index (χ0n) is 8.57. The predicted molar refractivity (Wildman–Crippen MR) is 59.1 cm³/mol. The Balaban J connectivity index is 2.63. The fraction of sp³-hybridized carbons (Fsp3) is 0.364. The molecule has 2 aromatic rings. The topological polar surface area (TPSA) is 43.8 Å². The summed E-state index contributed by atoms with van der Waals surface area (Å²) in [7, 11) is 0. The maximum Gasteiger partial charge on any atom is 0.111 e. The molecule has 1 atom stereocenters. The van der Waals surface area contributed by atoms with Crippen molar-refractivity contribution in [3.05, 3.63) is 24.5 Å². The summed E-state index contributed by atoms with van der Waals surface area (Å²) in [6, 6.07) is 6.39. The summed E-state index contributed by atoms with van der Waals surface area (Å²) in [5.41, 5.74) is 8.62. The monoisotopic (exact) mass is 189 g/mol. The van der Waals surface area contributed by atoms with Gasteiger partial charge in [-0.2, -0.15) is 0 Å². The number of rotatable bonds is 2. The number of imidazole rings is 1. The van der Waals surface area contributed by atoms with Crippen molar-refractivity contribution in [1.82, 2.24) is 9.55 Å². The number of hydrogen-bond donors (Lipinski definition) is 1. The largest absolute Gasteiger partial charge is 0.397 e. The van der Waals surface area contributed by atoms with Gasteiger partial charge in [-0.25, -0.2) is 4.98 Å². The first-order valence-electron chi connectivity index (χ1n) is 4.95. The van der Waals surface area contributed by atoms with Gasteiger partial charge in [-0.05, 0) is 25.5 Å². The van der Waals surface area contributed by atoms with Gasteiger partial charge in [0.1, 0.15) is 5.52 Å². The minimum atomic E-state index is 0.474. The number of fused-ring (bicyclic) bond motifs is 1. The first-order valence-corrected chi connectivity index (χ1v) is 4.95. The van der Waals surface area contributed by atoms with Crippen molar-refractivity contribution in [3.8, 4) is 0 Å². The molecule has 2 rings (SSSR count). The van der Waals surface area contributed by atoms with Gasteiger partial charge in [0, 0.05) is 6.04 Å². The van der Waals surface area contributed by atoms with Gasteiger partial charge in [0.2, 0.25) is 0 Å². The standard InChI is InChI=1S/C11H15N3/c1-3-8(2)14-7-13-11-9(12)5-4-6-10(11)14/h4-8H,3,12H2,1-2H3. The summed E-state index contributed by atoms with van der Waals surface area (Å²) in [5, 5.41) is 0. The lowest BCUT2D eigenvalue weighted by Gasteiger charge is -2.11. The Morgan fingerprint density at radius 3 is 3.00 bits per heavy atom. The summed E-state index contributed by atoms with van der Waals surface area (Å²) in [5.74, 6) is 0. The average molecular weight is 189 g/mol. The Hall–Kier alpha value is -1.51. The van der Waals surface area contributed by atoms with Gasteiger partial charge < -0.3 is 10.3 Å². The van der Waals surface area contributed by atoms with Crippen LogP contribution in [-0.4, -0.2) is 9.55 Å². The highest BCUT2D eigenvalue weighted by Gasteiger charge is 2.08. The Morgan fingerprint density at radius 1 is 1.50 bits per heavy atom. The molecular formula is C11H15N3. The normalized spacial score (nSPS) is 13.3. The zero-order valence-corrected chi connectivity index (χ0v) is 8.57. The molecule has 0 spiro atoms. The van der Waals surface area contributed by atoms with E-state index in [1.807, 2.05) is 18.5 Å². The average Bonchev–Trinajstić information content (AvgIpc) is 2.62. The van der Waals surface area contributed by atoms with E-state index in [1.54, 1.807) is 0 Å². The molecule has 0 radical (unpaired) electrons. The molecule has 0 aliphatic heterocycles. The van der Waals surface area contributed by atoms with E-state index in [4.69, 9.17) is 5.73 Å². The van der Waals surface area contributed by atoms with Crippen LogP contribution in [0.25, 0.3) is 11.0 Å². The summed E-state index contributed by atoms with van der Waals surface area (Å²) in [6.07, 6.45) is 2.97. The quantitative estimate of drug-likeness (QED) is 0.738. The Labute approximate surface area is 83.6 Å². The Morgan fingerprint density at radius 2 is 2.29 bits per heavy atom. The minimum Gasteiger partial charge on any atom is -0.397 e. The van der Waals surface area contributed by atoms with Crippen LogP contribution in [0.1, 0.15) is 26.3 Å². The number of anilines is 1. The molecule has 0 aliphatic carbocycles. The van der Waals surface area contributed by atoms with Crippen LogP contribution in [0.3, 0.4) is 0 Å². The van der Waals surface area contributed by atoms with Crippen molar-refractivity contribution in [1.29, 1.82) is 0 Å². The van der Waals surface area contributed by atoms with E-state index < -0.39 is 0 Å². The molecule has 2 N–H and O–H groups in total. The molecule has 0 aliphatic rings. The lowest BCUT2D eigenvalue weighted by atomic mass is 10.2. The van der Waals surface area contributed by atoms with Crippen molar-refractivity contribution >= 4 is 16.7 Å². The van der Waals surface area contributed by atoms with Crippen molar-refractivity contribution in [3.63, 3.8) is 0 Å². The first kappa shape index (κ1) is 9.06. The van der Waals surface area contributed by atoms with Gasteiger partial charge in [0.15, 0.2) is 0 Å².